The molecule has 3 rings (SSSR count). The molecule has 84 valence electrons. The van der Waals surface area contributed by atoms with Crippen molar-refractivity contribution in [2.24, 2.45) is 0 Å². The van der Waals surface area contributed by atoms with E-state index in [0.717, 1.165) is 24.8 Å². The second-order valence-electron chi connectivity index (χ2n) is 4.07. The van der Waals surface area contributed by atoms with Crippen LogP contribution < -0.4 is 5.32 Å². The lowest BCUT2D eigenvalue weighted by atomic mass is 10.2. The molecule has 3 N–H and O–H groups in total. The van der Waals surface area contributed by atoms with Gasteiger partial charge in [0.25, 0.3) is 0 Å². The molecule has 0 aromatic carbocycles. The Balaban J connectivity index is 1.91. The molecule has 1 fully saturated rings. The lowest BCUT2D eigenvalue weighted by molar-refractivity contribution is 0.171. The standard InChI is InChI=1S/C10H13N5O/c16-7-3-1-2-6(7)15-10-8-9(12-4-11-8)13-5-14-10/h4-7,16H,1-3H2,(H2,11,12,13,14,15)/t6-,7+/m0/s1. The lowest BCUT2D eigenvalue weighted by Crippen LogP contribution is -2.28. The van der Waals surface area contributed by atoms with Gasteiger partial charge in [0.1, 0.15) is 11.8 Å². The minimum absolute atomic E-state index is 0.0846. The number of aromatic nitrogens is 4. The quantitative estimate of drug-likeness (QED) is 0.691. The predicted octanol–water partition coefficient (Wildman–Crippen LogP) is 0.678. The van der Waals surface area contributed by atoms with Crippen molar-refractivity contribution >= 4 is 17.0 Å². The molecule has 6 heteroatoms. The number of aliphatic hydroxyl groups is 1. The van der Waals surface area contributed by atoms with Gasteiger partial charge in [-0.05, 0) is 19.3 Å². The Kier molecular flexibility index (Phi) is 2.21. The molecule has 0 radical (unpaired) electrons. The van der Waals surface area contributed by atoms with Crippen LogP contribution in [0.4, 0.5) is 5.82 Å². The van der Waals surface area contributed by atoms with Gasteiger partial charge < -0.3 is 15.4 Å². The molecule has 2 aromatic heterocycles. The monoisotopic (exact) mass is 219 g/mol. The van der Waals surface area contributed by atoms with Crippen molar-refractivity contribution in [3.8, 4) is 0 Å². The van der Waals surface area contributed by atoms with E-state index in [1.54, 1.807) is 6.33 Å². The summed E-state index contributed by atoms with van der Waals surface area (Å²) < 4.78 is 0. The van der Waals surface area contributed by atoms with E-state index in [9.17, 15) is 5.11 Å². The Labute approximate surface area is 92.1 Å². The average molecular weight is 219 g/mol. The van der Waals surface area contributed by atoms with E-state index in [2.05, 4.69) is 25.3 Å². The first-order valence-corrected chi connectivity index (χ1v) is 5.43. The fourth-order valence-electron chi connectivity index (χ4n) is 2.16. The van der Waals surface area contributed by atoms with E-state index in [4.69, 9.17) is 0 Å². The second kappa shape index (κ2) is 3.71. The number of nitrogens with one attached hydrogen (secondary N) is 2. The van der Waals surface area contributed by atoms with Crippen molar-refractivity contribution in [3.05, 3.63) is 12.7 Å². The van der Waals surface area contributed by atoms with Crippen LogP contribution in [-0.2, 0) is 0 Å². The van der Waals surface area contributed by atoms with E-state index in [1.807, 2.05) is 0 Å². The summed E-state index contributed by atoms with van der Waals surface area (Å²) in [5.41, 5.74) is 1.44. The van der Waals surface area contributed by atoms with Gasteiger partial charge in [-0.25, -0.2) is 15.0 Å². The number of aliphatic hydroxyl groups excluding tert-OH is 1. The van der Waals surface area contributed by atoms with Crippen molar-refractivity contribution < 1.29 is 5.11 Å². The van der Waals surface area contributed by atoms with E-state index in [0.29, 0.717) is 11.5 Å². The number of imidazole rings is 1. The SMILES string of the molecule is O[C@@H]1CCC[C@@H]1Nc1ncnc2nc[nH]c12. The van der Waals surface area contributed by atoms with Gasteiger partial charge in [0, 0.05) is 0 Å². The van der Waals surface area contributed by atoms with Crippen LogP contribution in [0.5, 0.6) is 0 Å². The van der Waals surface area contributed by atoms with E-state index in [1.165, 1.54) is 6.33 Å². The van der Waals surface area contributed by atoms with Gasteiger partial charge >= 0.3 is 0 Å². The molecule has 6 nitrogen and oxygen atoms in total. The van der Waals surface area contributed by atoms with Gasteiger partial charge in [-0.3, -0.25) is 0 Å². The number of hydrogen-bond donors (Lipinski definition) is 3. The summed E-state index contributed by atoms with van der Waals surface area (Å²) in [6, 6.07) is 0.0846. The van der Waals surface area contributed by atoms with Crippen molar-refractivity contribution in [1.82, 2.24) is 19.9 Å². The predicted molar refractivity (Wildman–Crippen MR) is 59.0 cm³/mol. The van der Waals surface area contributed by atoms with Crippen LogP contribution in [0.3, 0.4) is 0 Å². The Morgan fingerprint density at radius 3 is 3.06 bits per heavy atom. The highest BCUT2D eigenvalue weighted by Gasteiger charge is 2.25. The summed E-state index contributed by atoms with van der Waals surface area (Å²) in [6.07, 6.45) is 5.67. The fraction of sp³-hybridized carbons (Fsp3) is 0.500. The van der Waals surface area contributed by atoms with Crippen LogP contribution in [0.2, 0.25) is 0 Å². The number of rotatable bonds is 2. The van der Waals surface area contributed by atoms with Gasteiger partial charge in [0.05, 0.1) is 18.5 Å². The Morgan fingerprint density at radius 2 is 2.25 bits per heavy atom. The van der Waals surface area contributed by atoms with Crippen molar-refractivity contribution in [3.63, 3.8) is 0 Å². The highest BCUT2D eigenvalue weighted by molar-refractivity contribution is 5.82. The first-order chi connectivity index (χ1) is 7.84. The third kappa shape index (κ3) is 1.51. The highest BCUT2D eigenvalue weighted by atomic mass is 16.3. The van der Waals surface area contributed by atoms with Gasteiger partial charge in [-0.15, -0.1) is 0 Å². The number of anilines is 1. The van der Waals surface area contributed by atoms with Gasteiger partial charge in [0.15, 0.2) is 11.5 Å². The molecule has 0 saturated heterocycles. The topological polar surface area (TPSA) is 86.7 Å². The summed E-state index contributed by atoms with van der Waals surface area (Å²) in [5, 5.41) is 13.0. The molecule has 2 heterocycles. The summed E-state index contributed by atoms with van der Waals surface area (Å²) >= 11 is 0. The Hall–Kier alpha value is -1.69. The van der Waals surface area contributed by atoms with E-state index < -0.39 is 0 Å². The fourth-order valence-corrected chi connectivity index (χ4v) is 2.16. The smallest absolute Gasteiger partial charge is 0.182 e. The maximum Gasteiger partial charge on any atom is 0.182 e. The first kappa shape index (κ1) is 9.53. The lowest BCUT2D eigenvalue weighted by Gasteiger charge is -2.16. The minimum atomic E-state index is -0.284. The van der Waals surface area contributed by atoms with Crippen molar-refractivity contribution in [2.75, 3.05) is 5.32 Å². The van der Waals surface area contributed by atoms with Crippen LogP contribution in [0.15, 0.2) is 12.7 Å². The molecule has 0 aliphatic heterocycles. The minimum Gasteiger partial charge on any atom is -0.391 e. The maximum absolute atomic E-state index is 9.74. The van der Waals surface area contributed by atoms with Gasteiger partial charge in [0.2, 0.25) is 0 Å². The van der Waals surface area contributed by atoms with Crippen molar-refractivity contribution in [1.29, 1.82) is 0 Å². The summed E-state index contributed by atoms with van der Waals surface area (Å²) in [6.45, 7) is 0. The molecule has 2 atom stereocenters. The van der Waals surface area contributed by atoms with Crippen molar-refractivity contribution in [2.45, 2.75) is 31.4 Å². The normalized spacial score (nSPS) is 25.1. The zero-order chi connectivity index (χ0) is 11.0. The van der Waals surface area contributed by atoms with Gasteiger partial charge in [-0.1, -0.05) is 0 Å². The molecule has 2 aromatic rings. The molecule has 0 bridgehead atoms. The number of fused-ring (bicyclic) bond motifs is 1. The molecule has 1 aliphatic rings. The highest BCUT2D eigenvalue weighted by Crippen LogP contribution is 2.24. The molecule has 0 unspecified atom stereocenters. The van der Waals surface area contributed by atoms with Crippen LogP contribution in [0, 0.1) is 0 Å². The van der Waals surface area contributed by atoms with Gasteiger partial charge in [-0.2, -0.15) is 0 Å². The van der Waals surface area contributed by atoms with E-state index in [-0.39, 0.29) is 12.1 Å². The summed E-state index contributed by atoms with van der Waals surface area (Å²) in [4.78, 5) is 15.3. The van der Waals surface area contributed by atoms with Crippen LogP contribution in [0.25, 0.3) is 11.2 Å². The number of aromatic amines is 1. The summed E-state index contributed by atoms with van der Waals surface area (Å²) in [5.74, 6) is 0.716. The molecule has 16 heavy (non-hydrogen) atoms. The molecule has 0 spiro atoms. The third-order valence-corrected chi connectivity index (χ3v) is 3.02. The first-order valence-electron chi connectivity index (χ1n) is 5.43. The Bertz CT molecular complexity index is 497. The third-order valence-electron chi connectivity index (χ3n) is 3.02. The van der Waals surface area contributed by atoms with E-state index >= 15 is 0 Å². The molecule has 1 saturated carbocycles. The Morgan fingerprint density at radius 1 is 1.31 bits per heavy atom. The average Bonchev–Trinajstić information content (AvgIpc) is 2.89. The second-order valence-corrected chi connectivity index (χ2v) is 4.07. The molecular weight excluding hydrogens is 206 g/mol. The molecule has 1 aliphatic carbocycles. The number of H-pyrrole nitrogens is 1. The largest absolute Gasteiger partial charge is 0.391 e. The zero-order valence-electron chi connectivity index (χ0n) is 8.72. The van der Waals surface area contributed by atoms with Crippen LogP contribution >= 0.6 is 0 Å². The number of hydrogen-bond acceptors (Lipinski definition) is 5. The molecular formula is C10H13N5O. The van der Waals surface area contributed by atoms with Crippen LogP contribution in [-0.4, -0.2) is 37.2 Å². The number of nitrogens with zero attached hydrogens (tertiary/aromatic N) is 3. The summed E-state index contributed by atoms with van der Waals surface area (Å²) in [7, 11) is 0. The molecule has 0 amide bonds. The maximum atomic E-state index is 9.74. The zero-order valence-corrected chi connectivity index (χ0v) is 8.72. The van der Waals surface area contributed by atoms with Crippen LogP contribution in [0.1, 0.15) is 19.3 Å².